The van der Waals surface area contributed by atoms with Crippen molar-refractivity contribution in [3.05, 3.63) is 11.8 Å². The van der Waals surface area contributed by atoms with Gasteiger partial charge in [-0.25, -0.2) is 0 Å². The molecule has 0 aliphatic carbocycles. The molecule has 0 fully saturated rings. The Balaban J connectivity index is 4.49. The SMILES string of the molecule is CC(C)(C)C=C(N)C(C)(C)C. The van der Waals surface area contributed by atoms with E-state index in [1.54, 1.807) is 0 Å². The van der Waals surface area contributed by atoms with E-state index in [9.17, 15) is 0 Å². The minimum atomic E-state index is 0.104. The van der Waals surface area contributed by atoms with Gasteiger partial charge in [-0.3, -0.25) is 0 Å². The van der Waals surface area contributed by atoms with E-state index < -0.39 is 0 Å². The molecule has 1 nitrogen and oxygen atoms in total. The van der Waals surface area contributed by atoms with Gasteiger partial charge in [-0.15, -0.1) is 0 Å². The van der Waals surface area contributed by atoms with Crippen molar-refractivity contribution in [1.29, 1.82) is 0 Å². The fraction of sp³-hybridized carbons (Fsp3) is 0.800. The third-order valence-corrected chi connectivity index (χ3v) is 1.45. The summed E-state index contributed by atoms with van der Waals surface area (Å²) in [6.45, 7) is 12.9. The lowest BCUT2D eigenvalue weighted by atomic mass is 9.86. The van der Waals surface area contributed by atoms with E-state index in [0.717, 1.165) is 5.70 Å². The van der Waals surface area contributed by atoms with Gasteiger partial charge < -0.3 is 5.73 Å². The lowest BCUT2D eigenvalue weighted by Gasteiger charge is -2.23. The number of rotatable bonds is 0. The van der Waals surface area contributed by atoms with Gasteiger partial charge in [0.05, 0.1) is 0 Å². The molecule has 1 heteroatoms. The second-order valence-corrected chi connectivity index (χ2v) is 5.22. The van der Waals surface area contributed by atoms with Gasteiger partial charge in [-0.2, -0.15) is 0 Å². The summed E-state index contributed by atoms with van der Waals surface area (Å²) >= 11 is 0. The van der Waals surface area contributed by atoms with Crippen LogP contribution in [0, 0.1) is 10.8 Å². The molecule has 0 radical (unpaired) electrons. The molecule has 0 unspecified atom stereocenters. The van der Waals surface area contributed by atoms with Crippen LogP contribution in [0.2, 0.25) is 0 Å². The Morgan fingerprint density at radius 1 is 1.00 bits per heavy atom. The third kappa shape index (κ3) is 4.88. The highest BCUT2D eigenvalue weighted by Crippen LogP contribution is 2.25. The second kappa shape index (κ2) is 2.88. The van der Waals surface area contributed by atoms with E-state index in [2.05, 4.69) is 47.6 Å². The molecule has 0 aromatic rings. The number of hydrogen-bond acceptors (Lipinski definition) is 1. The van der Waals surface area contributed by atoms with E-state index >= 15 is 0 Å². The lowest BCUT2D eigenvalue weighted by molar-refractivity contribution is 0.465. The Morgan fingerprint density at radius 3 is 1.45 bits per heavy atom. The van der Waals surface area contributed by atoms with Crippen LogP contribution in [0.25, 0.3) is 0 Å². The molecular formula is C10H21N. The first kappa shape index (κ1) is 10.5. The molecule has 0 spiro atoms. The molecule has 11 heavy (non-hydrogen) atoms. The Kier molecular flexibility index (Phi) is 2.76. The molecule has 0 heterocycles. The van der Waals surface area contributed by atoms with Crippen molar-refractivity contribution in [2.24, 2.45) is 16.6 Å². The zero-order valence-electron chi connectivity index (χ0n) is 8.65. The first-order valence-corrected chi connectivity index (χ1v) is 4.12. The number of hydrogen-bond donors (Lipinski definition) is 1. The Morgan fingerprint density at radius 2 is 1.36 bits per heavy atom. The van der Waals surface area contributed by atoms with Crippen LogP contribution in [-0.4, -0.2) is 0 Å². The molecule has 0 saturated carbocycles. The molecule has 0 bridgehead atoms. The Bertz CT molecular complexity index is 153. The topological polar surface area (TPSA) is 26.0 Å². The van der Waals surface area contributed by atoms with Gasteiger partial charge in [-0.1, -0.05) is 47.6 Å². The van der Waals surface area contributed by atoms with Crippen molar-refractivity contribution >= 4 is 0 Å². The average Bonchev–Trinajstić information content (AvgIpc) is 1.56. The predicted octanol–water partition coefficient (Wildman–Crippen LogP) is 2.92. The first-order valence-electron chi connectivity index (χ1n) is 4.12. The maximum Gasteiger partial charge on any atom is 0.00999 e. The normalized spacial score (nSPS) is 15.3. The van der Waals surface area contributed by atoms with Crippen LogP contribution in [0.15, 0.2) is 11.8 Å². The van der Waals surface area contributed by atoms with Gasteiger partial charge in [0.15, 0.2) is 0 Å². The van der Waals surface area contributed by atoms with Crippen molar-refractivity contribution in [3.63, 3.8) is 0 Å². The number of nitrogens with two attached hydrogens (primary N) is 1. The van der Waals surface area contributed by atoms with Gasteiger partial charge in [0.25, 0.3) is 0 Å². The summed E-state index contributed by atoms with van der Waals surface area (Å²) in [6.07, 6.45) is 2.13. The maximum atomic E-state index is 5.90. The van der Waals surface area contributed by atoms with Crippen LogP contribution in [0.5, 0.6) is 0 Å². The van der Waals surface area contributed by atoms with E-state index in [0.29, 0.717) is 0 Å². The molecule has 0 atom stereocenters. The Labute approximate surface area is 70.7 Å². The lowest BCUT2D eigenvalue weighted by Crippen LogP contribution is -2.19. The summed E-state index contributed by atoms with van der Waals surface area (Å²) in [7, 11) is 0. The minimum absolute atomic E-state index is 0.104. The van der Waals surface area contributed by atoms with Crippen LogP contribution >= 0.6 is 0 Å². The fourth-order valence-electron chi connectivity index (χ4n) is 0.683. The summed E-state index contributed by atoms with van der Waals surface area (Å²) in [5.74, 6) is 0. The van der Waals surface area contributed by atoms with Crippen LogP contribution in [-0.2, 0) is 0 Å². The highest BCUT2D eigenvalue weighted by molar-refractivity contribution is 5.09. The van der Waals surface area contributed by atoms with E-state index in [4.69, 9.17) is 5.73 Å². The standard InChI is InChI=1S/C10H21N/c1-9(2,3)7-8(11)10(4,5)6/h7H,11H2,1-6H3. The second-order valence-electron chi connectivity index (χ2n) is 5.22. The van der Waals surface area contributed by atoms with Crippen LogP contribution in [0.3, 0.4) is 0 Å². The van der Waals surface area contributed by atoms with Gasteiger partial charge in [0.2, 0.25) is 0 Å². The molecule has 0 rings (SSSR count). The zero-order chi connectivity index (χ0) is 9.28. The van der Waals surface area contributed by atoms with Crippen molar-refractivity contribution < 1.29 is 0 Å². The monoisotopic (exact) mass is 155 g/mol. The maximum absolute atomic E-state index is 5.90. The van der Waals surface area contributed by atoms with Crippen molar-refractivity contribution in [2.75, 3.05) is 0 Å². The average molecular weight is 155 g/mol. The third-order valence-electron chi connectivity index (χ3n) is 1.45. The minimum Gasteiger partial charge on any atom is -0.402 e. The Hall–Kier alpha value is -0.460. The predicted molar refractivity (Wildman–Crippen MR) is 51.2 cm³/mol. The van der Waals surface area contributed by atoms with E-state index in [-0.39, 0.29) is 10.8 Å². The quantitative estimate of drug-likeness (QED) is 0.572. The molecular weight excluding hydrogens is 134 g/mol. The molecule has 0 aromatic heterocycles. The molecule has 0 amide bonds. The molecule has 66 valence electrons. The van der Waals surface area contributed by atoms with Crippen LogP contribution in [0.1, 0.15) is 41.5 Å². The number of allylic oxidation sites excluding steroid dienone is 2. The molecule has 0 aliphatic rings. The van der Waals surface area contributed by atoms with E-state index in [1.807, 2.05) is 0 Å². The van der Waals surface area contributed by atoms with Crippen molar-refractivity contribution in [1.82, 2.24) is 0 Å². The summed E-state index contributed by atoms with van der Waals surface area (Å²) in [6, 6.07) is 0. The van der Waals surface area contributed by atoms with Gasteiger partial charge >= 0.3 is 0 Å². The molecule has 2 N–H and O–H groups in total. The first-order chi connectivity index (χ1) is 4.63. The molecule has 0 saturated heterocycles. The van der Waals surface area contributed by atoms with Crippen LogP contribution in [0.4, 0.5) is 0 Å². The van der Waals surface area contributed by atoms with Gasteiger partial charge in [-0.05, 0) is 5.41 Å². The van der Waals surface area contributed by atoms with E-state index in [1.165, 1.54) is 0 Å². The van der Waals surface area contributed by atoms with Crippen molar-refractivity contribution in [2.45, 2.75) is 41.5 Å². The summed E-state index contributed by atoms with van der Waals surface area (Å²) < 4.78 is 0. The van der Waals surface area contributed by atoms with Gasteiger partial charge in [0, 0.05) is 11.1 Å². The molecule has 0 aromatic carbocycles. The summed E-state index contributed by atoms with van der Waals surface area (Å²) in [5, 5.41) is 0. The smallest absolute Gasteiger partial charge is 0.00999 e. The van der Waals surface area contributed by atoms with Crippen molar-refractivity contribution in [3.8, 4) is 0 Å². The summed E-state index contributed by atoms with van der Waals surface area (Å²) in [5.41, 5.74) is 7.17. The van der Waals surface area contributed by atoms with Gasteiger partial charge in [0.1, 0.15) is 0 Å². The zero-order valence-corrected chi connectivity index (χ0v) is 8.65. The van der Waals surface area contributed by atoms with Crippen LogP contribution < -0.4 is 5.73 Å². The largest absolute Gasteiger partial charge is 0.402 e. The molecule has 0 aliphatic heterocycles. The highest BCUT2D eigenvalue weighted by Gasteiger charge is 2.16. The highest BCUT2D eigenvalue weighted by atomic mass is 14.6. The fourth-order valence-corrected chi connectivity index (χ4v) is 0.683. The summed E-state index contributed by atoms with van der Waals surface area (Å²) in [4.78, 5) is 0.